The first-order chi connectivity index (χ1) is 12.9. The van der Waals surface area contributed by atoms with Crippen molar-refractivity contribution in [3.8, 4) is 5.88 Å². The molecule has 1 unspecified atom stereocenters. The molecule has 6 nitrogen and oxygen atoms in total. The van der Waals surface area contributed by atoms with Gasteiger partial charge in [-0.25, -0.2) is 4.98 Å². The first-order valence-electron chi connectivity index (χ1n) is 9.20. The maximum Gasteiger partial charge on any atom is 0.262 e. The minimum absolute atomic E-state index is 0.127. The molecule has 1 aliphatic rings. The molecule has 2 heterocycles. The number of hydrogen-bond donors (Lipinski definition) is 1. The highest BCUT2D eigenvalue weighted by atomic mass is 35.5. The molecule has 0 saturated carbocycles. The van der Waals surface area contributed by atoms with Crippen molar-refractivity contribution >= 4 is 29.1 Å². The summed E-state index contributed by atoms with van der Waals surface area (Å²) in [6.45, 7) is 7.81. The Kier molecular flexibility index (Phi) is 6.16. The van der Waals surface area contributed by atoms with Crippen molar-refractivity contribution in [2.24, 2.45) is 5.92 Å². The fraction of sp³-hybridized carbons (Fsp3) is 0.450. The number of piperidine rings is 1. The Balaban J connectivity index is 1.63. The van der Waals surface area contributed by atoms with Crippen molar-refractivity contribution in [1.29, 1.82) is 0 Å². The summed E-state index contributed by atoms with van der Waals surface area (Å²) < 4.78 is 5.63. The van der Waals surface area contributed by atoms with Crippen molar-refractivity contribution in [3.05, 3.63) is 40.5 Å². The van der Waals surface area contributed by atoms with E-state index in [1.54, 1.807) is 18.2 Å². The minimum Gasteiger partial charge on any atom is -0.467 e. The van der Waals surface area contributed by atoms with E-state index in [1.807, 2.05) is 19.9 Å². The molecule has 1 N–H and O–H groups in total. The van der Waals surface area contributed by atoms with E-state index < -0.39 is 0 Å². The molecular weight excluding hydrogens is 364 g/mol. The van der Waals surface area contributed by atoms with Gasteiger partial charge in [-0.2, -0.15) is 4.98 Å². The van der Waals surface area contributed by atoms with Crippen LogP contribution in [0.4, 0.5) is 11.6 Å². The van der Waals surface area contributed by atoms with Gasteiger partial charge in [0.05, 0.1) is 0 Å². The molecule has 1 amide bonds. The van der Waals surface area contributed by atoms with E-state index in [0.717, 1.165) is 30.8 Å². The fourth-order valence-corrected chi connectivity index (χ4v) is 3.34. The topological polar surface area (TPSA) is 67.3 Å². The van der Waals surface area contributed by atoms with E-state index in [1.165, 1.54) is 6.42 Å². The van der Waals surface area contributed by atoms with Crippen LogP contribution in [0.15, 0.2) is 24.3 Å². The van der Waals surface area contributed by atoms with Crippen LogP contribution in [-0.4, -0.2) is 35.6 Å². The van der Waals surface area contributed by atoms with Crippen molar-refractivity contribution in [2.45, 2.75) is 33.6 Å². The zero-order chi connectivity index (χ0) is 19.4. The Hall–Kier alpha value is -2.34. The maximum absolute atomic E-state index is 12.2. The quantitative estimate of drug-likeness (QED) is 0.838. The summed E-state index contributed by atoms with van der Waals surface area (Å²) in [7, 11) is 0. The summed E-state index contributed by atoms with van der Waals surface area (Å²) in [6, 6.07) is 7.11. The van der Waals surface area contributed by atoms with Gasteiger partial charge in [-0.3, -0.25) is 4.79 Å². The van der Waals surface area contributed by atoms with Crippen LogP contribution >= 0.6 is 11.6 Å². The Morgan fingerprint density at radius 1 is 1.33 bits per heavy atom. The van der Waals surface area contributed by atoms with E-state index >= 15 is 0 Å². The molecule has 2 aromatic rings. The van der Waals surface area contributed by atoms with Crippen molar-refractivity contribution in [1.82, 2.24) is 9.97 Å². The Bertz CT molecular complexity index is 828. The lowest BCUT2D eigenvalue weighted by Crippen LogP contribution is -2.35. The fourth-order valence-electron chi connectivity index (χ4n) is 3.17. The van der Waals surface area contributed by atoms with E-state index in [-0.39, 0.29) is 12.5 Å². The summed E-state index contributed by atoms with van der Waals surface area (Å²) in [5, 5.41) is 3.39. The predicted octanol–water partition coefficient (Wildman–Crippen LogP) is 4.00. The normalized spacial score (nSPS) is 16.9. The second-order valence-electron chi connectivity index (χ2n) is 7.14. The van der Waals surface area contributed by atoms with Crippen LogP contribution in [0.25, 0.3) is 0 Å². The lowest BCUT2D eigenvalue weighted by Gasteiger charge is -2.31. The zero-order valence-corrected chi connectivity index (χ0v) is 16.7. The molecule has 1 fully saturated rings. The van der Waals surface area contributed by atoms with Gasteiger partial charge in [0.25, 0.3) is 5.91 Å². The van der Waals surface area contributed by atoms with Gasteiger partial charge in [-0.15, -0.1) is 0 Å². The van der Waals surface area contributed by atoms with Crippen molar-refractivity contribution in [2.75, 3.05) is 29.9 Å². The summed E-state index contributed by atoms with van der Waals surface area (Å²) in [5.74, 6) is 1.44. The van der Waals surface area contributed by atoms with Crippen LogP contribution in [0.1, 0.15) is 31.0 Å². The van der Waals surface area contributed by atoms with Gasteiger partial charge in [-0.1, -0.05) is 24.6 Å². The minimum atomic E-state index is -0.259. The molecule has 1 saturated heterocycles. The van der Waals surface area contributed by atoms with Crippen LogP contribution in [-0.2, 0) is 4.79 Å². The van der Waals surface area contributed by atoms with Gasteiger partial charge < -0.3 is 15.0 Å². The SMILES string of the molecule is Cc1cc(OCC(=O)Nc2cc(Cl)ccc2C)nc(N2CCCC(C)C2)n1. The summed E-state index contributed by atoms with van der Waals surface area (Å²) in [4.78, 5) is 23.4. The first-order valence-corrected chi connectivity index (χ1v) is 9.58. The van der Waals surface area contributed by atoms with Gasteiger partial charge in [0.1, 0.15) is 0 Å². The molecule has 27 heavy (non-hydrogen) atoms. The highest BCUT2D eigenvalue weighted by Crippen LogP contribution is 2.23. The highest BCUT2D eigenvalue weighted by molar-refractivity contribution is 6.31. The Morgan fingerprint density at radius 3 is 2.93 bits per heavy atom. The van der Waals surface area contributed by atoms with Crippen molar-refractivity contribution in [3.63, 3.8) is 0 Å². The summed E-state index contributed by atoms with van der Waals surface area (Å²) >= 11 is 5.99. The number of aryl methyl sites for hydroxylation is 2. The monoisotopic (exact) mass is 388 g/mol. The molecule has 1 aromatic carbocycles. The summed E-state index contributed by atoms with van der Waals surface area (Å²) in [5.41, 5.74) is 2.43. The molecule has 0 aliphatic carbocycles. The molecule has 1 atom stereocenters. The lowest BCUT2D eigenvalue weighted by atomic mass is 10.0. The zero-order valence-electron chi connectivity index (χ0n) is 16.0. The number of carbonyl (C=O) groups is 1. The van der Waals surface area contributed by atoms with Crippen LogP contribution in [0.2, 0.25) is 5.02 Å². The standard InChI is InChI=1S/C20H25ClN4O2/c1-13-5-4-8-25(11-13)20-22-15(3)9-19(24-20)27-12-18(26)23-17-10-16(21)7-6-14(17)2/h6-7,9-10,13H,4-5,8,11-12H2,1-3H3,(H,23,26). The third-order valence-corrected chi connectivity index (χ3v) is 4.82. The molecule has 1 aromatic heterocycles. The van der Waals surface area contributed by atoms with Gasteiger partial charge in [0.2, 0.25) is 11.8 Å². The molecule has 0 spiro atoms. The first kappa shape index (κ1) is 19.4. The molecular formula is C20H25ClN4O2. The van der Waals surface area contributed by atoms with Gasteiger partial charge >= 0.3 is 0 Å². The van der Waals surface area contributed by atoms with Crippen molar-refractivity contribution < 1.29 is 9.53 Å². The number of ether oxygens (including phenoxy) is 1. The molecule has 144 valence electrons. The van der Waals surface area contributed by atoms with Gasteiger partial charge in [0.15, 0.2) is 6.61 Å². The van der Waals surface area contributed by atoms with Gasteiger partial charge in [-0.05, 0) is 50.3 Å². The van der Waals surface area contributed by atoms with E-state index in [0.29, 0.717) is 28.5 Å². The lowest BCUT2D eigenvalue weighted by molar-refractivity contribution is -0.118. The number of nitrogens with zero attached hydrogens (tertiary/aromatic N) is 3. The largest absolute Gasteiger partial charge is 0.467 e. The Labute approximate surface area is 164 Å². The molecule has 0 bridgehead atoms. The Morgan fingerprint density at radius 2 is 2.15 bits per heavy atom. The van der Waals surface area contributed by atoms with Crippen LogP contribution < -0.4 is 15.0 Å². The number of halogens is 1. The molecule has 7 heteroatoms. The second-order valence-corrected chi connectivity index (χ2v) is 7.57. The third-order valence-electron chi connectivity index (χ3n) is 4.58. The van der Waals surface area contributed by atoms with Crippen LogP contribution in [0.3, 0.4) is 0 Å². The molecule has 0 radical (unpaired) electrons. The number of rotatable bonds is 5. The van der Waals surface area contributed by atoms with Crippen LogP contribution in [0.5, 0.6) is 5.88 Å². The number of benzene rings is 1. The maximum atomic E-state index is 12.2. The predicted molar refractivity (Wildman–Crippen MR) is 108 cm³/mol. The number of anilines is 2. The van der Waals surface area contributed by atoms with Gasteiger partial charge in [0, 0.05) is 35.6 Å². The molecule has 1 aliphatic heterocycles. The van der Waals surface area contributed by atoms with E-state index in [2.05, 4.69) is 27.1 Å². The molecule has 3 rings (SSSR count). The number of nitrogens with one attached hydrogen (secondary N) is 1. The number of amides is 1. The van der Waals surface area contributed by atoms with E-state index in [4.69, 9.17) is 16.3 Å². The number of hydrogen-bond acceptors (Lipinski definition) is 5. The summed E-state index contributed by atoms with van der Waals surface area (Å²) in [6.07, 6.45) is 2.37. The number of carbonyl (C=O) groups excluding carboxylic acids is 1. The van der Waals surface area contributed by atoms with E-state index in [9.17, 15) is 4.79 Å². The average Bonchev–Trinajstić information content (AvgIpc) is 2.63. The highest BCUT2D eigenvalue weighted by Gasteiger charge is 2.19. The van der Waals surface area contributed by atoms with Crippen LogP contribution in [0, 0.1) is 19.8 Å². The number of aromatic nitrogens is 2. The average molecular weight is 389 g/mol. The third kappa shape index (κ3) is 5.32. The smallest absolute Gasteiger partial charge is 0.262 e. The second kappa shape index (κ2) is 8.57.